The smallest absolute Gasteiger partial charge is 0.264 e. The second-order valence-electron chi connectivity index (χ2n) is 7.42. The molecular formula is C24H27FN2O3S. The molecule has 0 aliphatic heterocycles. The van der Waals surface area contributed by atoms with E-state index in [1.807, 2.05) is 0 Å². The van der Waals surface area contributed by atoms with Gasteiger partial charge in [-0.2, -0.15) is 0 Å². The van der Waals surface area contributed by atoms with Crippen molar-refractivity contribution in [2.24, 2.45) is 0 Å². The summed E-state index contributed by atoms with van der Waals surface area (Å²) in [5.41, 5.74) is 1.47. The number of amides is 1. The SMILES string of the molecule is C=CCN(c1ccccc1)S(=O)(=O)c1ccc(F)c(C(=O)NCCC2=CCCCC2)c1. The third-order valence-corrected chi connectivity index (χ3v) is 7.02. The van der Waals surface area contributed by atoms with Gasteiger partial charge in [-0.1, -0.05) is 35.9 Å². The fraction of sp³-hybridized carbons (Fsp3) is 0.292. The van der Waals surface area contributed by atoms with Gasteiger partial charge in [-0.05, 0) is 62.4 Å². The van der Waals surface area contributed by atoms with Crippen molar-refractivity contribution in [3.05, 3.63) is 84.2 Å². The maximum Gasteiger partial charge on any atom is 0.264 e. The van der Waals surface area contributed by atoms with Gasteiger partial charge in [0.15, 0.2) is 0 Å². The van der Waals surface area contributed by atoms with Gasteiger partial charge < -0.3 is 5.32 Å². The molecule has 0 aromatic heterocycles. The molecule has 0 atom stereocenters. The molecule has 164 valence electrons. The molecule has 2 aromatic carbocycles. The lowest BCUT2D eigenvalue weighted by atomic mass is 9.97. The number of hydrogen-bond acceptors (Lipinski definition) is 3. The molecule has 1 aliphatic rings. The number of para-hydroxylation sites is 1. The first-order valence-electron chi connectivity index (χ1n) is 10.4. The lowest BCUT2D eigenvalue weighted by Crippen LogP contribution is -2.32. The summed E-state index contributed by atoms with van der Waals surface area (Å²) in [6.45, 7) is 4.06. The molecule has 5 nitrogen and oxygen atoms in total. The van der Waals surface area contributed by atoms with Crippen molar-refractivity contribution in [1.82, 2.24) is 5.32 Å². The van der Waals surface area contributed by atoms with Gasteiger partial charge in [0, 0.05) is 6.54 Å². The predicted molar refractivity (Wildman–Crippen MR) is 121 cm³/mol. The van der Waals surface area contributed by atoms with E-state index < -0.39 is 21.7 Å². The second kappa shape index (κ2) is 10.4. The Bertz CT molecular complexity index is 1070. The lowest BCUT2D eigenvalue weighted by molar-refractivity contribution is 0.0949. The zero-order chi connectivity index (χ0) is 22.3. The number of carbonyl (C=O) groups is 1. The third kappa shape index (κ3) is 5.61. The number of nitrogens with zero attached hydrogens (tertiary/aromatic N) is 1. The number of allylic oxidation sites excluding steroid dienone is 1. The molecule has 3 rings (SSSR count). The van der Waals surface area contributed by atoms with Gasteiger partial charge in [0.2, 0.25) is 0 Å². The Balaban J connectivity index is 1.80. The predicted octanol–water partition coefficient (Wildman–Crippen LogP) is 4.83. The van der Waals surface area contributed by atoms with Crippen molar-refractivity contribution in [3.8, 4) is 0 Å². The average molecular weight is 443 g/mol. The number of sulfonamides is 1. The molecule has 0 heterocycles. The van der Waals surface area contributed by atoms with E-state index in [2.05, 4.69) is 18.0 Å². The first kappa shape index (κ1) is 22.7. The number of benzene rings is 2. The molecule has 0 bridgehead atoms. The van der Waals surface area contributed by atoms with Crippen molar-refractivity contribution in [2.45, 2.75) is 37.0 Å². The number of nitrogens with one attached hydrogen (secondary N) is 1. The van der Waals surface area contributed by atoms with Crippen LogP contribution in [-0.2, 0) is 10.0 Å². The summed E-state index contributed by atoms with van der Waals surface area (Å²) in [6, 6.07) is 11.9. The van der Waals surface area contributed by atoms with Gasteiger partial charge in [-0.25, -0.2) is 12.8 Å². The van der Waals surface area contributed by atoms with Crippen LogP contribution in [0.15, 0.2) is 77.7 Å². The third-order valence-electron chi connectivity index (χ3n) is 5.23. The normalized spacial score (nSPS) is 13.9. The number of hydrogen-bond donors (Lipinski definition) is 1. The van der Waals surface area contributed by atoms with E-state index in [9.17, 15) is 17.6 Å². The van der Waals surface area contributed by atoms with Gasteiger partial charge in [-0.15, -0.1) is 6.58 Å². The topological polar surface area (TPSA) is 66.5 Å². The minimum atomic E-state index is -4.02. The van der Waals surface area contributed by atoms with E-state index in [-0.39, 0.29) is 17.0 Å². The van der Waals surface area contributed by atoms with Crippen molar-refractivity contribution < 1.29 is 17.6 Å². The van der Waals surface area contributed by atoms with Crippen LogP contribution in [0.3, 0.4) is 0 Å². The average Bonchev–Trinajstić information content (AvgIpc) is 2.78. The zero-order valence-corrected chi connectivity index (χ0v) is 18.2. The molecule has 0 saturated heterocycles. The minimum absolute atomic E-state index is 0.0420. The van der Waals surface area contributed by atoms with Crippen LogP contribution in [0.5, 0.6) is 0 Å². The molecular weight excluding hydrogens is 415 g/mol. The second-order valence-corrected chi connectivity index (χ2v) is 9.28. The number of halogens is 1. The fourth-order valence-corrected chi connectivity index (χ4v) is 5.05. The zero-order valence-electron chi connectivity index (χ0n) is 17.4. The molecule has 0 saturated carbocycles. The van der Waals surface area contributed by atoms with E-state index >= 15 is 0 Å². The molecule has 0 spiro atoms. The summed E-state index contributed by atoms with van der Waals surface area (Å²) >= 11 is 0. The Hall–Kier alpha value is -2.93. The maximum absolute atomic E-state index is 14.4. The number of anilines is 1. The van der Waals surface area contributed by atoms with Crippen LogP contribution < -0.4 is 9.62 Å². The van der Waals surface area contributed by atoms with Gasteiger partial charge in [0.05, 0.1) is 22.7 Å². The van der Waals surface area contributed by atoms with E-state index in [1.54, 1.807) is 30.3 Å². The van der Waals surface area contributed by atoms with E-state index in [0.717, 1.165) is 31.4 Å². The van der Waals surface area contributed by atoms with Crippen LogP contribution >= 0.6 is 0 Å². The molecule has 0 fully saturated rings. The standard InChI is InChI=1S/C24H27FN2O3S/c1-2-17-27(20-11-7-4-8-12-20)31(29,30)21-13-14-23(25)22(18-21)24(28)26-16-15-19-9-5-3-6-10-19/h2,4,7-9,11-14,18H,1,3,5-6,10,15-17H2,(H,26,28). The van der Waals surface area contributed by atoms with Crippen molar-refractivity contribution >= 4 is 21.6 Å². The minimum Gasteiger partial charge on any atom is -0.352 e. The first-order chi connectivity index (χ1) is 14.9. The van der Waals surface area contributed by atoms with Crippen LogP contribution in [0.2, 0.25) is 0 Å². The van der Waals surface area contributed by atoms with Crippen LogP contribution in [0.1, 0.15) is 42.5 Å². The molecule has 1 N–H and O–H groups in total. The molecule has 7 heteroatoms. The van der Waals surface area contributed by atoms with Gasteiger partial charge in [-0.3, -0.25) is 9.10 Å². The first-order valence-corrected chi connectivity index (χ1v) is 11.8. The highest BCUT2D eigenvalue weighted by Gasteiger charge is 2.26. The highest BCUT2D eigenvalue weighted by atomic mass is 32.2. The molecule has 1 amide bonds. The van der Waals surface area contributed by atoms with Crippen molar-refractivity contribution in [3.63, 3.8) is 0 Å². The molecule has 0 unspecified atom stereocenters. The quantitative estimate of drug-likeness (QED) is 0.566. The monoisotopic (exact) mass is 442 g/mol. The van der Waals surface area contributed by atoms with Crippen molar-refractivity contribution in [2.75, 3.05) is 17.4 Å². The van der Waals surface area contributed by atoms with Crippen LogP contribution in [0.4, 0.5) is 10.1 Å². The molecule has 0 radical (unpaired) electrons. The number of carbonyl (C=O) groups excluding carboxylic acids is 1. The number of rotatable bonds is 9. The highest BCUT2D eigenvalue weighted by molar-refractivity contribution is 7.92. The summed E-state index contributed by atoms with van der Waals surface area (Å²) in [6.07, 6.45) is 8.80. The highest BCUT2D eigenvalue weighted by Crippen LogP contribution is 2.25. The summed E-state index contributed by atoms with van der Waals surface area (Å²) < 4.78 is 42.0. The van der Waals surface area contributed by atoms with Crippen LogP contribution in [0, 0.1) is 5.82 Å². The largest absolute Gasteiger partial charge is 0.352 e. The Morgan fingerprint density at radius 2 is 1.94 bits per heavy atom. The molecule has 31 heavy (non-hydrogen) atoms. The lowest BCUT2D eigenvalue weighted by Gasteiger charge is -2.23. The Morgan fingerprint density at radius 3 is 2.61 bits per heavy atom. The van der Waals surface area contributed by atoms with E-state index in [4.69, 9.17) is 0 Å². The molecule has 1 aliphatic carbocycles. The van der Waals surface area contributed by atoms with Crippen LogP contribution in [0.25, 0.3) is 0 Å². The summed E-state index contributed by atoms with van der Waals surface area (Å²) in [7, 11) is -4.02. The molecule has 2 aromatic rings. The summed E-state index contributed by atoms with van der Waals surface area (Å²) in [5, 5.41) is 2.71. The summed E-state index contributed by atoms with van der Waals surface area (Å²) in [5.74, 6) is -1.38. The van der Waals surface area contributed by atoms with E-state index in [0.29, 0.717) is 18.7 Å². The van der Waals surface area contributed by atoms with Crippen molar-refractivity contribution in [1.29, 1.82) is 0 Å². The van der Waals surface area contributed by atoms with Gasteiger partial charge in [0.1, 0.15) is 5.82 Å². The Labute approximate surface area is 183 Å². The fourth-order valence-electron chi connectivity index (χ4n) is 3.58. The summed E-state index contributed by atoms with van der Waals surface area (Å²) in [4.78, 5) is 12.4. The Morgan fingerprint density at radius 1 is 1.16 bits per heavy atom. The Kier molecular flexibility index (Phi) is 7.63. The van der Waals surface area contributed by atoms with Gasteiger partial charge >= 0.3 is 0 Å². The van der Waals surface area contributed by atoms with Gasteiger partial charge in [0.25, 0.3) is 15.9 Å². The van der Waals surface area contributed by atoms with Crippen LogP contribution in [-0.4, -0.2) is 27.4 Å². The maximum atomic E-state index is 14.4. The van der Waals surface area contributed by atoms with E-state index in [1.165, 1.54) is 28.4 Å².